The Kier molecular flexibility index (Phi) is 6.17. The second kappa shape index (κ2) is 8.13. The summed E-state index contributed by atoms with van der Waals surface area (Å²) in [4.78, 5) is 12.3. The van der Waals surface area contributed by atoms with E-state index in [0.717, 1.165) is 10.7 Å². The second-order valence-electron chi connectivity index (χ2n) is 5.52. The molecule has 0 radical (unpaired) electrons. The highest BCUT2D eigenvalue weighted by molar-refractivity contribution is 7.89. The standard InChI is InChI=1S/C18H21NO5S/c1-4-12-23-15-8-10-16(11-9-15)24-18(20)14-6-5-7-17(13-14)25(21,22)19(2)3/h5-11,13H,4,12H2,1-3H3. The summed E-state index contributed by atoms with van der Waals surface area (Å²) in [5.74, 6) is 0.425. The summed E-state index contributed by atoms with van der Waals surface area (Å²) in [7, 11) is -0.745. The van der Waals surface area contributed by atoms with E-state index in [0.29, 0.717) is 18.1 Å². The summed E-state index contributed by atoms with van der Waals surface area (Å²) >= 11 is 0. The Bertz CT molecular complexity index is 829. The maximum absolute atomic E-state index is 12.3. The molecule has 6 nitrogen and oxygen atoms in total. The van der Waals surface area contributed by atoms with Gasteiger partial charge in [0.2, 0.25) is 10.0 Å². The van der Waals surface area contributed by atoms with E-state index in [1.165, 1.54) is 38.4 Å². The first-order valence-electron chi connectivity index (χ1n) is 7.82. The number of carbonyl (C=O) groups is 1. The van der Waals surface area contributed by atoms with E-state index in [-0.39, 0.29) is 10.5 Å². The van der Waals surface area contributed by atoms with Gasteiger partial charge in [-0.25, -0.2) is 17.5 Å². The molecule has 7 heteroatoms. The third-order valence-electron chi connectivity index (χ3n) is 3.36. The lowest BCUT2D eigenvalue weighted by Crippen LogP contribution is -2.22. The summed E-state index contributed by atoms with van der Waals surface area (Å²) in [6.45, 7) is 2.63. The van der Waals surface area contributed by atoms with Gasteiger partial charge in [-0.15, -0.1) is 0 Å². The van der Waals surface area contributed by atoms with Gasteiger partial charge in [0.1, 0.15) is 11.5 Å². The Hall–Kier alpha value is -2.38. The third kappa shape index (κ3) is 4.80. The number of carbonyl (C=O) groups excluding carboxylic acids is 1. The molecule has 0 bridgehead atoms. The maximum Gasteiger partial charge on any atom is 0.343 e. The van der Waals surface area contributed by atoms with E-state index in [4.69, 9.17) is 9.47 Å². The topological polar surface area (TPSA) is 72.9 Å². The summed E-state index contributed by atoms with van der Waals surface area (Å²) in [6, 6.07) is 12.4. The molecule has 0 atom stereocenters. The molecule has 134 valence electrons. The number of hydrogen-bond donors (Lipinski definition) is 0. The number of ether oxygens (including phenoxy) is 2. The van der Waals surface area contributed by atoms with Gasteiger partial charge in [0.05, 0.1) is 17.1 Å². The minimum atomic E-state index is -3.61. The highest BCUT2D eigenvalue weighted by Gasteiger charge is 2.19. The molecule has 0 N–H and O–H groups in total. The molecule has 0 unspecified atom stereocenters. The Morgan fingerprint density at radius 3 is 2.28 bits per heavy atom. The molecule has 0 saturated carbocycles. The quantitative estimate of drug-likeness (QED) is 0.559. The van der Waals surface area contributed by atoms with E-state index >= 15 is 0 Å². The van der Waals surface area contributed by atoms with Crippen molar-refractivity contribution in [1.82, 2.24) is 4.31 Å². The Morgan fingerprint density at radius 2 is 1.68 bits per heavy atom. The van der Waals surface area contributed by atoms with E-state index in [9.17, 15) is 13.2 Å². The van der Waals surface area contributed by atoms with Crippen molar-refractivity contribution in [3.8, 4) is 11.5 Å². The van der Waals surface area contributed by atoms with Crippen molar-refractivity contribution < 1.29 is 22.7 Å². The number of esters is 1. The fourth-order valence-corrected chi connectivity index (χ4v) is 2.93. The molecule has 0 saturated heterocycles. The van der Waals surface area contributed by atoms with Gasteiger partial charge in [-0.3, -0.25) is 0 Å². The lowest BCUT2D eigenvalue weighted by molar-refractivity contribution is 0.0734. The zero-order valence-electron chi connectivity index (χ0n) is 14.4. The van der Waals surface area contributed by atoms with Gasteiger partial charge in [-0.05, 0) is 48.9 Å². The minimum Gasteiger partial charge on any atom is -0.494 e. The highest BCUT2D eigenvalue weighted by Crippen LogP contribution is 2.20. The molecular formula is C18H21NO5S. The van der Waals surface area contributed by atoms with Crippen LogP contribution in [-0.4, -0.2) is 39.4 Å². The van der Waals surface area contributed by atoms with Gasteiger partial charge in [0.15, 0.2) is 0 Å². The zero-order chi connectivity index (χ0) is 18.4. The van der Waals surface area contributed by atoms with E-state index in [1.54, 1.807) is 24.3 Å². The molecule has 2 aromatic carbocycles. The van der Waals surface area contributed by atoms with Crippen molar-refractivity contribution >= 4 is 16.0 Å². The summed E-state index contributed by atoms with van der Waals surface area (Å²) in [5.41, 5.74) is 0.161. The van der Waals surface area contributed by atoms with Crippen LogP contribution in [0.2, 0.25) is 0 Å². The predicted octanol–water partition coefficient (Wildman–Crippen LogP) is 2.94. The molecule has 0 heterocycles. The fourth-order valence-electron chi connectivity index (χ4n) is 1.98. The summed E-state index contributed by atoms with van der Waals surface area (Å²) in [6.07, 6.45) is 0.906. The largest absolute Gasteiger partial charge is 0.494 e. The van der Waals surface area contributed by atoms with Crippen LogP contribution in [0.5, 0.6) is 11.5 Å². The molecular weight excluding hydrogens is 342 g/mol. The van der Waals surface area contributed by atoms with Crippen molar-refractivity contribution in [1.29, 1.82) is 0 Å². The van der Waals surface area contributed by atoms with Crippen LogP contribution in [0, 0.1) is 0 Å². The van der Waals surface area contributed by atoms with Gasteiger partial charge in [0, 0.05) is 14.1 Å². The van der Waals surface area contributed by atoms with Gasteiger partial charge in [0.25, 0.3) is 0 Å². The van der Waals surface area contributed by atoms with Crippen molar-refractivity contribution in [2.24, 2.45) is 0 Å². The van der Waals surface area contributed by atoms with Crippen molar-refractivity contribution in [3.63, 3.8) is 0 Å². The number of rotatable bonds is 7. The maximum atomic E-state index is 12.3. The van der Waals surface area contributed by atoms with Crippen LogP contribution in [-0.2, 0) is 10.0 Å². The summed E-state index contributed by atoms with van der Waals surface area (Å²) < 4.78 is 36.1. The first-order chi connectivity index (χ1) is 11.8. The number of hydrogen-bond acceptors (Lipinski definition) is 5. The molecule has 0 amide bonds. The average Bonchev–Trinajstić information content (AvgIpc) is 2.61. The fraction of sp³-hybridized carbons (Fsp3) is 0.278. The number of sulfonamides is 1. The molecule has 25 heavy (non-hydrogen) atoms. The first-order valence-corrected chi connectivity index (χ1v) is 9.26. The van der Waals surface area contributed by atoms with Crippen LogP contribution >= 0.6 is 0 Å². The molecule has 2 rings (SSSR count). The lowest BCUT2D eigenvalue weighted by Gasteiger charge is -2.12. The number of nitrogens with zero attached hydrogens (tertiary/aromatic N) is 1. The van der Waals surface area contributed by atoms with Crippen molar-refractivity contribution in [3.05, 3.63) is 54.1 Å². The summed E-state index contributed by atoms with van der Waals surface area (Å²) in [5, 5.41) is 0. The average molecular weight is 363 g/mol. The van der Waals surface area contributed by atoms with Gasteiger partial charge < -0.3 is 9.47 Å². The van der Waals surface area contributed by atoms with Crippen LogP contribution in [0.3, 0.4) is 0 Å². The Morgan fingerprint density at radius 1 is 1.04 bits per heavy atom. The minimum absolute atomic E-state index is 0.0373. The molecule has 0 aliphatic carbocycles. The van der Waals surface area contributed by atoms with Crippen molar-refractivity contribution in [2.75, 3.05) is 20.7 Å². The normalized spacial score (nSPS) is 11.4. The van der Waals surface area contributed by atoms with Crippen molar-refractivity contribution in [2.45, 2.75) is 18.2 Å². The van der Waals surface area contributed by atoms with Crippen LogP contribution in [0.15, 0.2) is 53.4 Å². The van der Waals surface area contributed by atoms with Gasteiger partial charge in [-0.1, -0.05) is 13.0 Å². The van der Waals surface area contributed by atoms with Gasteiger partial charge >= 0.3 is 5.97 Å². The first kappa shape index (κ1) is 19.0. The molecule has 0 aromatic heterocycles. The highest BCUT2D eigenvalue weighted by atomic mass is 32.2. The lowest BCUT2D eigenvalue weighted by atomic mass is 10.2. The Labute approximate surface area is 148 Å². The Balaban J connectivity index is 2.13. The second-order valence-corrected chi connectivity index (χ2v) is 7.68. The number of benzene rings is 2. The van der Waals surface area contributed by atoms with E-state index < -0.39 is 16.0 Å². The molecule has 0 spiro atoms. The van der Waals surface area contributed by atoms with E-state index in [1.807, 2.05) is 6.92 Å². The predicted molar refractivity (Wildman–Crippen MR) is 94.5 cm³/mol. The van der Waals surface area contributed by atoms with Crippen LogP contribution < -0.4 is 9.47 Å². The molecule has 0 fully saturated rings. The molecule has 2 aromatic rings. The molecule has 0 aliphatic heterocycles. The monoisotopic (exact) mass is 363 g/mol. The third-order valence-corrected chi connectivity index (χ3v) is 5.17. The zero-order valence-corrected chi connectivity index (χ0v) is 15.2. The SMILES string of the molecule is CCCOc1ccc(OC(=O)c2cccc(S(=O)(=O)N(C)C)c2)cc1. The molecule has 0 aliphatic rings. The smallest absolute Gasteiger partial charge is 0.343 e. The van der Waals surface area contributed by atoms with Crippen LogP contribution in [0.4, 0.5) is 0 Å². The van der Waals surface area contributed by atoms with Gasteiger partial charge in [-0.2, -0.15) is 0 Å². The van der Waals surface area contributed by atoms with E-state index in [2.05, 4.69) is 0 Å². The van der Waals surface area contributed by atoms with Crippen LogP contribution in [0.25, 0.3) is 0 Å². The van der Waals surface area contributed by atoms with Crippen LogP contribution in [0.1, 0.15) is 23.7 Å².